The van der Waals surface area contributed by atoms with E-state index in [4.69, 9.17) is 14.6 Å². The van der Waals surface area contributed by atoms with Gasteiger partial charge >= 0.3 is 5.97 Å². The molecule has 0 saturated heterocycles. The molecule has 1 atom stereocenters. The van der Waals surface area contributed by atoms with Crippen LogP contribution < -0.4 is 5.32 Å². The number of carboxylic acid groups (broad SMARTS) is 1. The van der Waals surface area contributed by atoms with E-state index in [-0.39, 0.29) is 6.61 Å². The molecule has 15 heavy (non-hydrogen) atoms. The molecule has 1 unspecified atom stereocenters. The molecule has 0 heterocycles. The summed E-state index contributed by atoms with van der Waals surface area (Å²) in [5.41, 5.74) is -0.998. The maximum absolute atomic E-state index is 11.0. The van der Waals surface area contributed by atoms with Crippen molar-refractivity contribution in [2.45, 2.75) is 25.8 Å². The van der Waals surface area contributed by atoms with Gasteiger partial charge in [0, 0.05) is 20.3 Å². The minimum atomic E-state index is -0.998. The molecule has 90 valence electrons. The lowest BCUT2D eigenvalue weighted by Gasteiger charge is -2.25. The summed E-state index contributed by atoms with van der Waals surface area (Å²) in [4.78, 5) is 11.0. The molecule has 2 N–H and O–H groups in total. The van der Waals surface area contributed by atoms with Crippen LogP contribution in [0.4, 0.5) is 0 Å². The molecular formula is C10H21NO4. The van der Waals surface area contributed by atoms with Crippen LogP contribution in [-0.2, 0) is 14.3 Å². The van der Waals surface area contributed by atoms with Crippen LogP contribution in [0.15, 0.2) is 0 Å². The van der Waals surface area contributed by atoms with E-state index < -0.39 is 11.5 Å². The quantitative estimate of drug-likeness (QED) is 0.552. The van der Waals surface area contributed by atoms with E-state index in [1.54, 1.807) is 14.0 Å². The topological polar surface area (TPSA) is 67.8 Å². The molecule has 0 aliphatic carbocycles. The number of methoxy groups -OCH3 is 1. The molecule has 0 amide bonds. The zero-order chi connectivity index (χ0) is 11.7. The third-order valence-corrected chi connectivity index (χ3v) is 2.07. The van der Waals surface area contributed by atoms with E-state index in [0.29, 0.717) is 19.8 Å². The largest absolute Gasteiger partial charge is 0.480 e. The van der Waals surface area contributed by atoms with Crippen LogP contribution in [0.25, 0.3) is 0 Å². The Bertz CT molecular complexity index is 186. The number of carboxylic acids is 1. The number of carbonyl (C=O) groups is 1. The fourth-order valence-corrected chi connectivity index (χ4v) is 1.16. The fourth-order valence-electron chi connectivity index (χ4n) is 1.16. The van der Waals surface area contributed by atoms with Gasteiger partial charge in [0.2, 0.25) is 0 Å². The van der Waals surface area contributed by atoms with E-state index in [2.05, 4.69) is 5.32 Å². The lowest BCUT2D eigenvalue weighted by Crippen LogP contribution is -2.53. The van der Waals surface area contributed by atoms with Gasteiger partial charge in [0.05, 0.1) is 6.61 Å². The van der Waals surface area contributed by atoms with Crippen molar-refractivity contribution in [2.75, 3.05) is 33.5 Å². The molecule has 0 spiro atoms. The number of hydrogen-bond acceptors (Lipinski definition) is 4. The maximum atomic E-state index is 11.0. The van der Waals surface area contributed by atoms with E-state index in [9.17, 15) is 4.79 Å². The number of nitrogens with one attached hydrogen (secondary N) is 1. The zero-order valence-corrected chi connectivity index (χ0v) is 9.71. The first-order valence-corrected chi connectivity index (χ1v) is 5.12. The molecular weight excluding hydrogens is 198 g/mol. The Morgan fingerprint density at radius 1 is 1.47 bits per heavy atom. The fraction of sp³-hybridized carbons (Fsp3) is 0.900. The van der Waals surface area contributed by atoms with Gasteiger partial charge in [-0.2, -0.15) is 0 Å². The highest BCUT2D eigenvalue weighted by molar-refractivity contribution is 5.78. The van der Waals surface area contributed by atoms with Crippen LogP contribution in [0, 0.1) is 0 Å². The van der Waals surface area contributed by atoms with E-state index >= 15 is 0 Å². The predicted octanol–water partition coefficient (Wildman–Crippen LogP) is 0.492. The van der Waals surface area contributed by atoms with Crippen LogP contribution in [-0.4, -0.2) is 50.1 Å². The minimum absolute atomic E-state index is 0.167. The van der Waals surface area contributed by atoms with E-state index in [1.165, 1.54) is 0 Å². The van der Waals surface area contributed by atoms with Gasteiger partial charge in [-0.3, -0.25) is 4.79 Å². The summed E-state index contributed by atoms with van der Waals surface area (Å²) in [6, 6.07) is 0. The van der Waals surface area contributed by atoms with E-state index in [0.717, 1.165) is 6.42 Å². The van der Waals surface area contributed by atoms with Crippen molar-refractivity contribution >= 4 is 5.97 Å². The molecule has 0 aliphatic heterocycles. The SMILES string of the molecule is CCNC(C)(COCCCOC)C(=O)O. The van der Waals surface area contributed by atoms with Crippen molar-refractivity contribution in [1.29, 1.82) is 0 Å². The number of hydrogen-bond donors (Lipinski definition) is 2. The van der Waals surface area contributed by atoms with Crippen LogP contribution in [0.3, 0.4) is 0 Å². The predicted molar refractivity (Wildman–Crippen MR) is 57.0 cm³/mol. The molecule has 0 rings (SSSR count). The Kier molecular flexibility index (Phi) is 7.29. The standard InChI is InChI=1S/C10H21NO4/c1-4-11-10(2,9(12)13)8-15-7-5-6-14-3/h11H,4-8H2,1-3H3,(H,12,13). The normalized spacial score (nSPS) is 14.9. The van der Waals surface area contributed by atoms with Gasteiger partial charge in [-0.15, -0.1) is 0 Å². The van der Waals surface area contributed by atoms with Gasteiger partial charge in [0.15, 0.2) is 0 Å². The second-order valence-electron chi connectivity index (χ2n) is 3.57. The molecule has 0 aliphatic rings. The van der Waals surface area contributed by atoms with Gasteiger partial charge in [-0.05, 0) is 19.9 Å². The van der Waals surface area contributed by atoms with Crippen LogP contribution in [0.5, 0.6) is 0 Å². The number of aliphatic carboxylic acids is 1. The lowest BCUT2D eigenvalue weighted by atomic mass is 10.0. The van der Waals surface area contributed by atoms with Crippen LogP contribution in [0.2, 0.25) is 0 Å². The molecule has 0 radical (unpaired) electrons. The Hall–Kier alpha value is -0.650. The summed E-state index contributed by atoms with van der Waals surface area (Å²) >= 11 is 0. The zero-order valence-electron chi connectivity index (χ0n) is 9.71. The van der Waals surface area contributed by atoms with Crippen LogP contribution in [0.1, 0.15) is 20.3 Å². The molecule has 0 fully saturated rings. The molecule has 0 aromatic rings. The molecule has 0 bridgehead atoms. The molecule has 5 heteroatoms. The first kappa shape index (κ1) is 14.3. The number of ether oxygens (including phenoxy) is 2. The second kappa shape index (κ2) is 7.62. The van der Waals surface area contributed by atoms with Gasteiger partial charge in [0.1, 0.15) is 5.54 Å². The lowest BCUT2D eigenvalue weighted by molar-refractivity contribution is -0.146. The van der Waals surface area contributed by atoms with Crippen molar-refractivity contribution in [1.82, 2.24) is 5.32 Å². The molecule has 0 saturated carbocycles. The second-order valence-corrected chi connectivity index (χ2v) is 3.57. The van der Waals surface area contributed by atoms with Crippen LogP contribution >= 0.6 is 0 Å². The highest BCUT2D eigenvalue weighted by Gasteiger charge is 2.32. The number of rotatable bonds is 9. The van der Waals surface area contributed by atoms with Crippen molar-refractivity contribution in [3.8, 4) is 0 Å². The van der Waals surface area contributed by atoms with Gasteiger partial charge in [-0.25, -0.2) is 0 Å². The Morgan fingerprint density at radius 2 is 2.13 bits per heavy atom. The average Bonchev–Trinajstić information content (AvgIpc) is 2.18. The summed E-state index contributed by atoms with van der Waals surface area (Å²) < 4.78 is 10.1. The summed E-state index contributed by atoms with van der Waals surface area (Å²) in [6.45, 7) is 5.40. The maximum Gasteiger partial charge on any atom is 0.326 e. The Morgan fingerprint density at radius 3 is 2.60 bits per heavy atom. The highest BCUT2D eigenvalue weighted by atomic mass is 16.5. The smallest absolute Gasteiger partial charge is 0.326 e. The monoisotopic (exact) mass is 219 g/mol. The first-order valence-electron chi connectivity index (χ1n) is 5.12. The highest BCUT2D eigenvalue weighted by Crippen LogP contribution is 2.04. The van der Waals surface area contributed by atoms with Crippen molar-refractivity contribution in [2.24, 2.45) is 0 Å². The Balaban J connectivity index is 3.81. The molecule has 0 aromatic heterocycles. The molecule has 0 aromatic carbocycles. The number of likely N-dealkylation sites (N-methyl/N-ethyl adjacent to an activating group) is 1. The van der Waals surface area contributed by atoms with Crippen molar-refractivity contribution in [3.63, 3.8) is 0 Å². The summed E-state index contributed by atoms with van der Waals surface area (Å²) in [7, 11) is 1.63. The van der Waals surface area contributed by atoms with Crippen molar-refractivity contribution in [3.05, 3.63) is 0 Å². The van der Waals surface area contributed by atoms with E-state index in [1.807, 2.05) is 6.92 Å². The first-order chi connectivity index (χ1) is 7.06. The molecule has 5 nitrogen and oxygen atoms in total. The van der Waals surface area contributed by atoms with Gasteiger partial charge < -0.3 is 19.9 Å². The average molecular weight is 219 g/mol. The van der Waals surface area contributed by atoms with Gasteiger partial charge in [0.25, 0.3) is 0 Å². The van der Waals surface area contributed by atoms with Gasteiger partial charge in [-0.1, -0.05) is 6.92 Å². The summed E-state index contributed by atoms with van der Waals surface area (Å²) in [5.74, 6) is -0.893. The Labute approximate surface area is 90.8 Å². The summed E-state index contributed by atoms with van der Waals surface area (Å²) in [5, 5.41) is 11.9. The van der Waals surface area contributed by atoms with Crippen molar-refractivity contribution < 1.29 is 19.4 Å². The summed E-state index contributed by atoms with van der Waals surface area (Å²) in [6.07, 6.45) is 0.776. The minimum Gasteiger partial charge on any atom is -0.480 e. The third kappa shape index (κ3) is 5.71. The third-order valence-electron chi connectivity index (χ3n) is 2.07.